The highest BCUT2D eigenvalue weighted by molar-refractivity contribution is 5.81. The molecule has 0 aliphatic carbocycles. The summed E-state index contributed by atoms with van der Waals surface area (Å²) in [4.78, 5) is 8.97. The zero-order valence-corrected chi connectivity index (χ0v) is 18.0. The number of pyridine rings is 2. The zero-order valence-electron chi connectivity index (χ0n) is 18.0. The van der Waals surface area contributed by atoms with E-state index in [4.69, 9.17) is 0 Å². The van der Waals surface area contributed by atoms with E-state index >= 15 is 0 Å². The second-order valence-electron chi connectivity index (χ2n) is 7.69. The molecular formula is C24H14F6N6. The molecule has 2 N–H and O–H groups in total. The highest BCUT2D eigenvalue weighted by Gasteiger charge is 2.34. The smallest absolute Gasteiger partial charge is 0.273 e. The summed E-state index contributed by atoms with van der Waals surface area (Å²) in [6.45, 7) is 0. The van der Waals surface area contributed by atoms with E-state index in [-0.39, 0.29) is 22.8 Å². The molecule has 0 radical (unpaired) electrons. The van der Waals surface area contributed by atoms with E-state index in [0.29, 0.717) is 22.5 Å². The van der Waals surface area contributed by atoms with Gasteiger partial charge in [0, 0.05) is 11.1 Å². The number of H-pyrrole nitrogens is 2. The van der Waals surface area contributed by atoms with Gasteiger partial charge in [-0.25, -0.2) is 9.97 Å². The van der Waals surface area contributed by atoms with Gasteiger partial charge in [0.15, 0.2) is 0 Å². The van der Waals surface area contributed by atoms with Crippen molar-refractivity contribution in [2.75, 3.05) is 0 Å². The first kappa shape index (κ1) is 23.3. The zero-order chi connectivity index (χ0) is 25.5. The molecule has 0 unspecified atom stereocenters. The van der Waals surface area contributed by atoms with Crippen LogP contribution in [0.2, 0.25) is 0 Å². The van der Waals surface area contributed by atoms with Crippen LogP contribution in [0.25, 0.3) is 45.3 Å². The molecule has 4 heterocycles. The fourth-order valence-electron chi connectivity index (χ4n) is 3.58. The van der Waals surface area contributed by atoms with Crippen molar-refractivity contribution in [2.24, 2.45) is 0 Å². The van der Waals surface area contributed by atoms with E-state index < -0.39 is 23.7 Å². The number of rotatable bonds is 4. The first-order chi connectivity index (χ1) is 17.1. The maximum Gasteiger partial charge on any atom is 0.432 e. The molecule has 0 saturated carbocycles. The Morgan fingerprint density at radius 2 is 0.861 bits per heavy atom. The second kappa shape index (κ2) is 8.63. The van der Waals surface area contributed by atoms with Crippen molar-refractivity contribution in [1.82, 2.24) is 30.4 Å². The van der Waals surface area contributed by atoms with Crippen molar-refractivity contribution >= 4 is 0 Å². The Morgan fingerprint density at radius 1 is 0.472 bits per heavy atom. The molecule has 1 aromatic carbocycles. The molecule has 5 aromatic rings. The van der Waals surface area contributed by atoms with E-state index in [1.807, 2.05) is 10.2 Å². The minimum atomic E-state index is -4.57. The van der Waals surface area contributed by atoms with E-state index in [1.165, 1.54) is 12.1 Å². The van der Waals surface area contributed by atoms with Gasteiger partial charge in [-0.05, 0) is 36.4 Å². The highest BCUT2D eigenvalue weighted by Crippen LogP contribution is 2.34. The number of nitrogens with zero attached hydrogens (tertiary/aromatic N) is 4. The predicted octanol–water partition coefficient (Wildman–Crippen LogP) is 6.63. The molecule has 0 spiro atoms. The van der Waals surface area contributed by atoms with Crippen molar-refractivity contribution in [1.29, 1.82) is 0 Å². The van der Waals surface area contributed by atoms with Crippen molar-refractivity contribution in [3.05, 3.63) is 84.2 Å². The molecule has 5 rings (SSSR count). The maximum absolute atomic E-state index is 13.0. The van der Waals surface area contributed by atoms with Gasteiger partial charge in [0.1, 0.15) is 22.8 Å². The van der Waals surface area contributed by atoms with E-state index in [0.717, 1.165) is 12.1 Å². The van der Waals surface area contributed by atoms with Crippen LogP contribution in [0, 0.1) is 0 Å². The topological polar surface area (TPSA) is 83.1 Å². The Bertz CT molecular complexity index is 1420. The second-order valence-corrected chi connectivity index (χ2v) is 7.69. The summed E-state index contributed by atoms with van der Waals surface area (Å²) in [5.41, 5.74) is 0.677. The molecule has 0 fully saturated rings. The first-order valence-electron chi connectivity index (χ1n) is 10.4. The Kier molecular flexibility index (Phi) is 5.58. The van der Waals surface area contributed by atoms with Gasteiger partial charge in [-0.2, -0.15) is 36.5 Å². The number of aromatic amines is 2. The van der Waals surface area contributed by atoms with Crippen LogP contribution >= 0.6 is 0 Å². The van der Waals surface area contributed by atoms with Gasteiger partial charge < -0.3 is 0 Å². The van der Waals surface area contributed by atoms with Gasteiger partial charge in [0.25, 0.3) is 0 Å². The summed E-state index contributed by atoms with van der Waals surface area (Å²) in [6, 6.07) is 18.5. The Balaban J connectivity index is 1.53. The average molecular weight is 500 g/mol. The molecule has 4 aromatic heterocycles. The van der Waals surface area contributed by atoms with Crippen LogP contribution in [-0.2, 0) is 12.4 Å². The number of benzene rings is 1. The minimum Gasteiger partial charge on any atom is -0.273 e. The lowest BCUT2D eigenvalue weighted by Gasteiger charge is -2.10. The minimum absolute atomic E-state index is 0.0285. The molecule has 182 valence electrons. The Labute approximate surface area is 199 Å². The molecule has 0 amide bonds. The van der Waals surface area contributed by atoms with Crippen molar-refractivity contribution in [3.63, 3.8) is 0 Å². The largest absolute Gasteiger partial charge is 0.432 e. The third-order valence-corrected chi connectivity index (χ3v) is 5.27. The SMILES string of the molecule is FC(F)(F)c1cc(-c2cccc(-c3ccccc3-c3cccc(-c4cc(C(F)(F)F)[nH]n4)n3)n2)n[nH]1. The lowest BCUT2D eigenvalue weighted by atomic mass is 10.00. The normalized spacial score (nSPS) is 12.2. The lowest BCUT2D eigenvalue weighted by molar-refractivity contribution is -0.142. The predicted molar refractivity (Wildman–Crippen MR) is 118 cm³/mol. The van der Waals surface area contributed by atoms with Crippen LogP contribution in [0.15, 0.2) is 72.8 Å². The number of nitrogens with one attached hydrogen (secondary N) is 2. The van der Waals surface area contributed by atoms with Crippen molar-refractivity contribution in [3.8, 4) is 45.3 Å². The Morgan fingerprint density at radius 3 is 1.22 bits per heavy atom. The van der Waals surface area contributed by atoms with Gasteiger partial charge in [-0.1, -0.05) is 36.4 Å². The van der Waals surface area contributed by atoms with Gasteiger partial charge in [-0.3, -0.25) is 10.2 Å². The number of hydrogen-bond donors (Lipinski definition) is 2. The summed E-state index contributed by atoms with van der Waals surface area (Å²) < 4.78 is 77.7. The monoisotopic (exact) mass is 500 g/mol. The van der Waals surface area contributed by atoms with E-state index in [2.05, 4.69) is 20.2 Å². The molecule has 0 bridgehead atoms. The molecule has 0 saturated heterocycles. The summed E-state index contributed by atoms with van der Waals surface area (Å²) in [7, 11) is 0. The Hall–Kier alpha value is -4.48. The molecule has 36 heavy (non-hydrogen) atoms. The number of alkyl halides is 6. The van der Waals surface area contributed by atoms with E-state index in [9.17, 15) is 26.3 Å². The number of halogens is 6. The summed E-state index contributed by atoms with van der Waals surface area (Å²) >= 11 is 0. The molecular weight excluding hydrogens is 486 g/mol. The van der Waals surface area contributed by atoms with Crippen LogP contribution < -0.4 is 0 Å². The molecule has 0 aliphatic rings. The maximum atomic E-state index is 13.0. The first-order valence-corrected chi connectivity index (χ1v) is 10.4. The quantitative estimate of drug-likeness (QED) is 0.272. The summed E-state index contributed by atoms with van der Waals surface area (Å²) in [6.07, 6.45) is -9.14. The number of aromatic nitrogens is 6. The highest BCUT2D eigenvalue weighted by atomic mass is 19.4. The van der Waals surface area contributed by atoms with Crippen LogP contribution in [-0.4, -0.2) is 30.4 Å². The van der Waals surface area contributed by atoms with Crippen molar-refractivity contribution in [2.45, 2.75) is 12.4 Å². The van der Waals surface area contributed by atoms with Crippen LogP contribution in [0.4, 0.5) is 26.3 Å². The van der Waals surface area contributed by atoms with E-state index in [1.54, 1.807) is 48.5 Å². The van der Waals surface area contributed by atoms with Crippen LogP contribution in [0.1, 0.15) is 11.4 Å². The lowest BCUT2D eigenvalue weighted by Crippen LogP contribution is -2.04. The van der Waals surface area contributed by atoms with Gasteiger partial charge in [0.2, 0.25) is 0 Å². The molecule has 6 nitrogen and oxygen atoms in total. The number of hydrogen-bond acceptors (Lipinski definition) is 4. The van der Waals surface area contributed by atoms with Crippen LogP contribution in [0.5, 0.6) is 0 Å². The molecule has 0 aliphatic heterocycles. The fraction of sp³-hybridized carbons (Fsp3) is 0.0833. The van der Waals surface area contributed by atoms with Gasteiger partial charge in [-0.15, -0.1) is 0 Å². The third kappa shape index (κ3) is 4.57. The average Bonchev–Trinajstić information content (AvgIpc) is 3.55. The molecule has 0 atom stereocenters. The summed E-state index contributed by atoms with van der Waals surface area (Å²) in [5, 5.41) is 11.4. The van der Waals surface area contributed by atoms with Crippen molar-refractivity contribution < 1.29 is 26.3 Å². The third-order valence-electron chi connectivity index (χ3n) is 5.27. The summed E-state index contributed by atoms with van der Waals surface area (Å²) in [5.74, 6) is 0. The van der Waals surface area contributed by atoms with Crippen LogP contribution in [0.3, 0.4) is 0 Å². The fourth-order valence-corrected chi connectivity index (χ4v) is 3.58. The molecule has 12 heteroatoms. The van der Waals surface area contributed by atoms with Gasteiger partial charge >= 0.3 is 12.4 Å². The van der Waals surface area contributed by atoms with Gasteiger partial charge in [0.05, 0.1) is 22.8 Å². The standard InChI is InChI=1S/C24H14F6N6/c25-23(26,27)21-11-19(33-35-21)17-9-3-7-15(31-17)13-5-1-2-6-14(13)16-8-4-10-18(32-16)20-12-22(36-34-20)24(28,29)30/h1-12H,(H,33,35)(H,34,36).